The van der Waals surface area contributed by atoms with Crippen LogP contribution in [0.5, 0.6) is 0 Å². The number of benzene rings is 7. The Bertz CT molecular complexity index is 2550. The summed E-state index contributed by atoms with van der Waals surface area (Å²) in [6.07, 6.45) is 2.23. The summed E-state index contributed by atoms with van der Waals surface area (Å²) in [4.78, 5) is 5.34. The molecule has 0 fully saturated rings. The van der Waals surface area contributed by atoms with E-state index in [2.05, 4.69) is 196 Å². The lowest BCUT2D eigenvalue weighted by Gasteiger charge is -2.25. The van der Waals surface area contributed by atoms with Gasteiger partial charge in [0.05, 0.1) is 33.8 Å². The number of rotatable bonds is 5. The van der Waals surface area contributed by atoms with Crippen LogP contribution in [0.25, 0.3) is 60.7 Å². The minimum Gasteiger partial charge on any atom is -0.359 e. The van der Waals surface area contributed by atoms with Crippen molar-refractivity contribution >= 4 is 55.1 Å². The molecule has 0 radical (unpaired) electrons. The zero-order chi connectivity index (χ0) is 33.0. The molecule has 2 aromatic heterocycles. The van der Waals surface area contributed by atoms with Crippen molar-refractivity contribution in [3.8, 4) is 11.4 Å². The largest absolute Gasteiger partial charge is 0.359 e. The molecule has 1 aliphatic rings. The second-order valence-corrected chi connectivity index (χ2v) is 12.9. The van der Waals surface area contributed by atoms with Gasteiger partial charge >= 0.3 is 0 Å². The van der Waals surface area contributed by atoms with E-state index in [9.17, 15) is 0 Å². The van der Waals surface area contributed by atoms with Crippen molar-refractivity contribution in [3.63, 3.8) is 0 Å². The van der Waals surface area contributed by atoms with Crippen LogP contribution in [0.3, 0.4) is 0 Å². The van der Waals surface area contributed by atoms with Crippen LogP contribution in [0.4, 0.5) is 0 Å². The van der Waals surface area contributed by atoms with Crippen LogP contribution in [-0.2, 0) is 0 Å². The predicted octanol–water partition coefficient (Wildman–Crippen LogP) is 11.0. The average Bonchev–Trinajstić information content (AvgIpc) is 3.71. The van der Waals surface area contributed by atoms with E-state index in [1.807, 2.05) is 0 Å². The second-order valence-electron chi connectivity index (χ2n) is 12.9. The molecule has 1 N–H and O–H groups in total. The van der Waals surface area contributed by atoms with Gasteiger partial charge in [-0.2, -0.15) is 0 Å². The van der Waals surface area contributed by atoms with Crippen molar-refractivity contribution in [1.29, 1.82) is 0 Å². The summed E-state index contributed by atoms with van der Waals surface area (Å²) in [7, 11) is 0. The van der Waals surface area contributed by atoms with Gasteiger partial charge in [0, 0.05) is 38.5 Å². The van der Waals surface area contributed by atoms with Crippen molar-refractivity contribution in [2.24, 2.45) is 4.99 Å². The van der Waals surface area contributed by atoms with E-state index < -0.39 is 0 Å². The molecule has 236 valence electrons. The van der Waals surface area contributed by atoms with Crippen molar-refractivity contribution < 1.29 is 0 Å². The molecule has 10 rings (SSSR count). The summed E-state index contributed by atoms with van der Waals surface area (Å²) in [5, 5.41) is 8.77. The highest BCUT2D eigenvalue weighted by Crippen LogP contribution is 2.37. The third-order valence-electron chi connectivity index (χ3n) is 9.93. The summed E-state index contributed by atoms with van der Waals surface area (Å²) in [5.41, 5.74) is 11.1. The number of hydrogen-bond acceptors (Lipinski definition) is 2. The first-order valence-electron chi connectivity index (χ1n) is 17.1. The van der Waals surface area contributed by atoms with Gasteiger partial charge in [-0.1, -0.05) is 133 Å². The van der Waals surface area contributed by atoms with Crippen molar-refractivity contribution in [2.75, 3.05) is 0 Å². The number of fused-ring (bicyclic) bond motifs is 6. The standard InChI is InChI=1S/C46H32N4/c1-3-15-31(16-4-1)40-30-41(32-17-5-2-6-18-32)48-46(47-40)33-27-34(49-42-23-11-7-19-36(42)37-20-8-12-24-43(37)49)29-35(28-33)50-44-25-13-9-21-38(44)39-22-10-14-26-45(39)50/h1-30,40H,(H,47,48). The molecule has 4 nitrogen and oxygen atoms in total. The Morgan fingerprint density at radius 3 is 1.32 bits per heavy atom. The maximum absolute atomic E-state index is 5.34. The Morgan fingerprint density at radius 1 is 0.420 bits per heavy atom. The van der Waals surface area contributed by atoms with E-state index in [-0.39, 0.29) is 6.04 Å². The molecule has 1 aliphatic heterocycles. The van der Waals surface area contributed by atoms with Gasteiger partial charge in [0.1, 0.15) is 5.84 Å². The highest BCUT2D eigenvalue weighted by molar-refractivity contribution is 6.11. The van der Waals surface area contributed by atoms with Crippen molar-refractivity contribution in [2.45, 2.75) is 6.04 Å². The fourth-order valence-corrected chi connectivity index (χ4v) is 7.69. The summed E-state index contributed by atoms with van der Waals surface area (Å²) in [5.74, 6) is 0.838. The molecular weight excluding hydrogens is 609 g/mol. The number of hydrogen-bond donors (Lipinski definition) is 1. The third-order valence-corrected chi connectivity index (χ3v) is 9.93. The van der Waals surface area contributed by atoms with Gasteiger partial charge in [-0.05, 0) is 59.7 Å². The first-order valence-corrected chi connectivity index (χ1v) is 17.1. The highest BCUT2D eigenvalue weighted by Gasteiger charge is 2.22. The molecule has 3 heterocycles. The molecule has 0 saturated heterocycles. The first-order chi connectivity index (χ1) is 24.8. The number of para-hydroxylation sites is 4. The Kier molecular flexibility index (Phi) is 6.53. The third kappa shape index (κ3) is 4.57. The van der Waals surface area contributed by atoms with Crippen LogP contribution in [0.2, 0.25) is 0 Å². The lowest BCUT2D eigenvalue weighted by atomic mass is 10.00. The van der Waals surface area contributed by atoms with Crippen LogP contribution in [0, 0.1) is 0 Å². The van der Waals surface area contributed by atoms with Crippen molar-refractivity contribution in [1.82, 2.24) is 14.5 Å². The summed E-state index contributed by atoms with van der Waals surface area (Å²) in [6, 6.07) is 62.8. The Hall–Kier alpha value is -6.65. The minimum absolute atomic E-state index is 0.0486. The summed E-state index contributed by atoms with van der Waals surface area (Å²) in [6.45, 7) is 0. The Morgan fingerprint density at radius 2 is 0.840 bits per heavy atom. The Balaban J connectivity index is 1.27. The van der Waals surface area contributed by atoms with E-state index in [1.54, 1.807) is 0 Å². The molecule has 1 atom stereocenters. The van der Waals surface area contributed by atoms with E-state index >= 15 is 0 Å². The molecular formula is C46H32N4. The zero-order valence-corrected chi connectivity index (χ0v) is 27.2. The van der Waals surface area contributed by atoms with E-state index in [0.717, 1.165) is 34.0 Å². The number of amidine groups is 1. The maximum atomic E-state index is 5.34. The van der Waals surface area contributed by atoms with Gasteiger partial charge in [0.15, 0.2) is 0 Å². The van der Waals surface area contributed by atoms with Crippen LogP contribution >= 0.6 is 0 Å². The second kappa shape index (κ2) is 11.5. The summed E-state index contributed by atoms with van der Waals surface area (Å²) < 4.78 is 4.80. The van der Waals surface area contributed by atoms with Crippen LogP contribution in [-0.4, -0.2) is 15.0 Å². The maximum Gasteiger partial charge on any atom is 0.134 e. The molecule has 9 aromatic rings. The average molecular weight is 641 g/mol. The van der Waals surface area contributed by atoms with Crippen molar-refractivity contribution in [3.05, 3.63) is 199 Å². The number of nitrogens with one attached hydrogen (secondary N) is 1. The number of aliphatic imine (C=N–C) groups is 1. The van der Waals surface area contributed by atoms with Crippen LogP contribution < -0.4 is 5.32 Å². The molecule has 0 amide bonds. The molecule has 0 aliphatic carbocycles. The number of aromatic nitrogens is 2. The zero-order valence-electron chi connectivity index (χ0n) is 27.2. The van der Waals surface area contributed by atoms with Crippen LogP contribution in [0.1, 0.15) is 22.7 Å². The van der Waals surface area contributed by atoms with E-state index in [0.29, 0.717) is 0 Å². The molecule has 50 heavy (non-hydrogen) atoms. The smallest absolute Gasteiger partial charge is 0.134 e. The number of nitrogens with zero attached hydrogens (tertiary/aromatic N) is 3. The Labute approximate surface area is 289 Å². The topological polar surface area (TPSA) is 34.2 Å². The molecule has 7 aromatic carbocycles. The van der Waals surface area contributed by atoms with Gasteiger partial charge in [0.25, 0.3) is 0 Å². The molecule has 0 spiro atoms. The van der Waals surface area contributed by atoms with Gasteiger partial charge < -0.3 is 14.5 Å². The summed E-state index contributed by atoms with van der Waals surface area (Å²) >= 11 is 0. The van der Waals surface area contributed by atoms with Crippen LogP contribution in [0.15, 0.2) is 187 Å². The predicted molar refractivity (Wildman–Crippen MR) is 208 cm³/mol. The molecule has 0 saturated carbocycles. The lowest BCUT2D eigenvalue weighted by Crippen LogP contribution is -2.31. The normalized spacial score (nSPS) is 14.6. The molecule has 0 bridgehead atoms. The van der Waals surface area contributed by atoms with Gasteiger partial charge in [-0.3, -0.25) is 0 Å². The van der Waals surface area contributed by atoms with E-state index in [1.165, 1.54) is 49.2 Å². The molecule has 4 heteroatoms. The fourth-order valence-electron chi connectivity index (χ4n) is 7.69. The monoisotopic (exact) mass is 640 g/mol. The van der Waals surface area contributed by atoms with Gasteiger partial charge in [-0.25, -0.2) is 4.99 Å². The first kappa shape index (κ1) is 28.4. The van der Waals surface area contributed by atoms with Gasteiger partial charge in [0.2, 0.25) is 0 Å². The SMILES string of the molecule is C1=C(c2ccccc2)N=C(c2cc(-n3c4ccccc4c4ccccc43)cc(-n3c4ccccc4c4ccccc43)c2)NC1c1ccccc1. The van der Waals surface area contributed by atoms with E-state index in [4.69, 9.17) is 4.99 Å². The minimum atomic E-state index is -0.0486. The van der Waals surface area contributed by atoms with Gasteiger partial charge in [-0.15, -0.1) is 0 Å². The fraction of sp³-hybridized carbons (Fsp3) is 0.0217. The quantitative estimate of drug-likeness (QED) is 0.200. The molecule has 1 unspecified atom stereocenters. The highest BCUT2D eigenvalue weighted by atomic mass is 15.1. The lowest BCUT2D eigenvalue weighted by molar-refractivity contribution is 0.780.